The molecular weight excluding hydrogens is 559 g/mol. The molecule has 222 valence electrons. The molecule has 0 saturated carbocycles. The third-order valence-electron chi connectivity index (χ3n) is 6.47. The number of aliphatic hydroxyl groups is 1. The number of aromatic nitrogens is 4. The van der Waals surface area contributed by atoms with Gasteiger partial charge in [0, 0.05) is 0 Å². The second-order valence-electron chi connectivity index (χ2n) is 9.95. The first-order chi connectivity index (χ1) is 19.5. The molecule has 3 aromatic rings. The Morgan fingerprint density at radius 2 is 2.05 bits per heavy atom. The van der Waals surface area contributed by atoms with E-state index in [1.165, 1.54) is 13.3 Å². The summed E-state index contributed by atoms with van der Waals surface area (Å²) in [4.78, 5) is 25.2. The maximum absolute atomic E-state index is 13.9. The first-order valence-corrected chi connectivity index (χ1v) is 14.7. The highest BCUT2D eigenvalue weighted by atomic mass is 31.2. The Hall–Kier alpha value is -3.33. The van der Waals surface area contributed by atoms with Crippen LogP contribution in [-0.2, 0) is 28.1 Å². The molecule has 5 rings (SSSR count). The van der Waals surface area contributed by atoms with E-state index < -0.39 is 50.4 Å². The van der Waals surface area contributed by atoms with Gasteiger partial charge in [-0.3, -0.25) is 13.9 Å². The molecule has 2 unspecified atom stereocenters. The van der Waals surface area contributed by atoms with Crippen molar-refractivity contribution in [2.24, 2.45) is 0 Å². The molecule has 2 fully saturated rings. The fourth-order valence-electron chi connectivity index (χ4n) is 4.60. The largest absolute Gasteiger partial charge is 0.476 e. The van der Waals surface area contributed by atoms with Gasteiger partial charge in [0.15, 0.2) is 17.4 Å². The normalized spacial score (nSPS) is 25.8. The molecule has 0 spiro atoms. The lowest BCUT2D eigenvalue weighted by molar-refractivity contribution is -0.183. The van der Waals surface area contributed by atoms with Gasteiger partial charge in [0.25, 0.3) is 0 Å². The zero-order chi connectivity index (χ0) is 29.4. The van der Waals surface area contributed by atoms with E-state index in [0.29, 0.717) is 17.8 Å². The van der Waals surface area contributed by atoms with Gasteiger partial charge in [-0.15, -0.1) is 0 Å². The number of anilines is 1. The number of carbonyl (C=O) groups excluding carboxylic acids is 1. The molecular formula is C25H33N6O9P. The lowest BCUT2D eigenvalue weighted by Crippen LogP contribution is -2.46. The van der Waals surface area contributed by atoms with Crippen LogP contribution in [0.3, 0.4) is 0 Å². The second-order valence-corrected chi connectivity index (χ2v) is 11.6. The zero-order valence-corrected chi connectivity index (χ0v) is 23.9. The number of rotatable bonds is 12. The van der Waals surface area contributed by atoms with Crippen LogP contribution in [0.25, 0.3) is 11.2 Å². The Kier molecular flexibility index (Phi) is 8.19. The average molecular weight is 593 g/mol. The van der Waals surface area contributed by atoms with E-state index in [4.69, 9.17) is 33.7 Å². The van der Waals surface area contributed by atoms with Crippen molar-refractivity contribution < 1.29 is 42.5 Å². The number of esters is 1. The Bertz CT molecular complexity index is 1440. The Labute approximate surface area is 235 Å². The zero-order valence-electron chi connectivity index (χ0n) is 23.0. The quantitative estimate of drug-likeness (QED) is 0.204. The standard InChI is InChI=1S/C25H33N6O9P/c1-5-35-21-17-20(28-24(26)29-21)31(13-27-17)22-18-19(32)25(39-22,11-36-18)12-37-41(34,40-16-9-7-6-8-10-16)30-15(4)23(33)38-14(2)3/h6-10,13-15,18-19,22,32H,5,11-12H2,1-4H3,(H,30,34)(H2,26,28,29)/t15-,18+,19-,22?,25+,41?/m0/s1. The highest BCUT2D eigenvalue weighted by Crippen LogP contribution is 2.51. The maximum atomic E-state index is 13.9. The topological polar surface area (TPSA) is 191 Å². The number of nitrogens with one attached hydrogen (secondary N) is 1. The minimum Gasteiger partial charge on any atom is -0.476 e. The van der Waals surface area contributed by atoms with E-state index in [1.54, 1.807) is 55.7 Å². The predicted molar refractivity (Wildman–Crippen MR) is 144 cm³/mol. The van der Waals surface area contributed by atoms with Crippen LogP contribution in [0.5, 0.6) is 11.6 Å². The number of nitrogens with two attached hydrogens (primary N) is 1. The highest BCUT2D eigenvalue weighted by Gasteiger charge is 2.63. The van der Waals surface area contributed by atoms with Gasteiger partial charge in [-0.05, 0) is 39.8 Å². The number of nitrogen functional groups attached to an aromatic ring is 1. The van der Waals surface area contributed by atoms with Crippen LogP contribution in [0.4, 0.5) is 5.95 Å². The number of hydrogen-bond donors (Lipinski definition) is 3. The first kappa shape index (κ1) is 29.2. The summed E-state index contributed by atoms with van der Waals surface area (Å²) in [6.45, 7) is 6.57. The smallest absolute Gasteiger partial charge is 0.459 e. The van der Waals surface area contributed by atoms with E-state index in [-0.39, 0.29) is 30.3 Å². The molecule has 6 atom stereocenters. The van der Waals surface area contributed by atoms with Crippen molar-refractivity contribution in [3.63, 3.8) is 0 Å². The summed E-state index contributed by atoms with van der Waals surface area (Å²) in [6, 6.07) is 7.30. The fourth-order valence-corrected chi connectivity index (χ4v) is 6.15. The van der Waals surface area contributed by atoms with Crippen molar-refractivity contribution in [2.75, 3.05) is 25.6 Å². The van der Waals surface area contributed by atoms with Gasteiger partial charge in [-0.1, -0.05) is 18.2 Å². The van der Waals surface area contributed by atoms with Gasteiger partial charge in [-0.2, -0.15) is 15.1 Å². The van der Waals surface area contributed by atoms with Crippen LogP contribution in [0.2, 0.25) is 0 Å². The van der Waals surface area contributed by atoms with Crippen LogP contribution in [0.15, 0.2) is 36.7 Å². The van der Waals surface area contributed by atoms with Crippen molar-refractivity contribution in [1.82, 2.24) is 24.6 Å². The number of hydrogen-bond acceptors (Lipinski definition) is 13. The Balaban J connectivity index is 1.38. The molecule has 2 aliphatic heterocycles. The minimum absolute atomic E-state index is 0.0273. The van der Waals surface area contributed by atoms with Crippen LogP contribution >= 0.6 is 7.75 Å². The van der Waals surface area contributed by atoms with Gasteiger partial charge in [-0.25, -0.2) is 9.55 Å². The number of benzene rings is 1. The number of ether oxygens (including phenoxy) is 4. The molecule has 0 aliphatic carbocycles. The predicted octanol–water partition coefficient (Wildman–Crippen LogP) is 1.97. The molecule has 16 heteroatoms. The van der Waals surface area contributed by atoms with Crippen LogP contribution in [0.1, 0.15) is 33.9 Å². The monoisotopic (exact) mass is 592 g/mol. The van der Waals surface area contributed by atoms with Gasteiger partial charge >= 0.3 is 13.7 Å². The van der Waals surface area contributed by atoms with Crippen LogP contribution < -0.4 is 20.1 Å². The van der Waals surface area contributed by atoms with Gasteiger partial charge in [0.2, 0.25) is 11.8 Å². The number of imidazole rings is 1. The third-order valence-corrected chi connectivity index (χ3v) is 8.10. The molecule has 2 bridgehead atoms. The lowest BCUT2D eigenvalue weighted by atomic mass is 10.0. The summed E-state index contributed by atoms with van der Waals surface area (Å²) >= 11 is 0. The highest BCUT2D eigenvalue weighted by molar-refractivity contribution is 7.52. The SMILES string of the molecule is CCOc1nc(N)nc2c1ncn2C1O[C@@]2(COP(=O)(N[C@@H](C)C(=O)OC(C)C)Oc3ccccc3)CO[C@@H]1[C@@H]2O. The molecule has 0 radical (unpaired) electrons. The Morgan fingerprint density at radius 1 is 1.29 bits per heavy atom. The average Bonchev–Trinajstić information content (AvgIpc) is 3.57. The van der Waals surface area contributed by atoms with E-state index in [1.807, 2.05) is 0 Å². The molecule has 2 saturated heterocycles. The minimum atomic E-state index is -4.22. The van der Waals surface area contributed by atoms with Crippen molar-refractivity contribution >= 4 is 30.8 Å². The molecule has 0 amide bonds. The van der Waals surface area contributed by atoms with E-state index >= 15 is 0 Å². The number of para-hydroxylation sites is 1. The van der Waals surface area contributed by atoms with Gasteiger partial charge in [0.05, 0.1) is 32.3 Å². The number of carbonyl (C=O) groups is 1. The van der Waals surface area contributed by atoms with E-state index in [2.05, 4.69) is 20.0 Å². The summed E-state index contributed by atoms with van der Waals surface area (Å²) in [5.74, 6) is -0.212. The summed E-state index contributed by atoms with van der Waals surface area (Å²) in [5.41, 5.74) is 5.15. The van der Waals surface area contributed by atoms with Crippen molar-refractivity contribution in [3.8, 4) is 11.6 Å². The summed E-state index contributed by atoms with van der Waals surface area (Å²) in [7, 11) is -4.22. The van der Waals surface area contributed by atoms with E-state index in [9.17, 15) is 14.5 Å². The molecule has 4 N–H and O–H groups in total. The molecule has 15 nitrogen and oxygen atoms in total. The number of nitrogens with zero attached hydrogens (tertiary/aromatic N) is 4. The maximum Gasteiger partial charge on any atom is 0.459 e. The second kappa shape index (κ2) is 11.5. The van der Waals surface area contributed by atoms with Crippen molar-refractivity contribution in [2.45, 2.75) is 63.9 Å². The summed E-state index contributed by atoms with van der Waals surface area (Å²) in [5, 5.41) is 13.8. The molecule has 1 aromatic carbocycles. The van der Waals surface area contributed by atoms with Crippen LogP contribution in [0, 0.1) is 0 Å². The molecule has 41 heavy (non-hydrogen) atoms. The summed E-state index contributed by atoms with van der Waals surface area (Å²) in [6.07, 6.45) is -1.80. The summed E-state index contributed by atoms with van der Waals surface area (Å²) < 4.78 is 49.9. The fraction of sp³-hybridized carbons (Fsp3) is 0.520. The van der Waals surface area contributed by atoms with Crippen molar-refractivity contribution in [1.29, 1.82) is 0 Å². The van der Waals surface area contributed by atoms with Gasteiger partial charge < -0.3 is 34.3 Å². The number of fused-ring (bicyclic) bond motifs is 3. The van der Waals surface area contributed by atoms with Crippen LogP contribution in [-0.4, -0.2) is 80.4 Å². The Morgan fingerprint density at radius 3 is 2.76 bits per heavy atom. The molecule has 2 aromatic heterocycles. The van der Waals surface area contributed by atoms with Gasteiger partial charge in [0.1, 0.15) is 29.6 Å². The molecule has 4 heterocycles. The first-order valence-electron chi connectivity index (χ1n) is 13.1. The lowest BCUT2D eigenvalue weighted by Gasteiger charge is -2.32. The number of aliphatic hydroxyl groups excluding tert-OH is 1. The third kappa shape index (κ3) is 5.87. The van der Waals surface area contributed by atoms with E-state index in [0.717, 1.165) is 0 Å². The van der Waals surface area contributed by atoms with Crippen molar-refractivity contribution in [3.05, 3.63) is 36.7 Å². The molecule has 2 aliphatic rings.